The first-order chi connectivity index (χ1) is 11.3. The van der Waals surface area contributed by atoms with Crippen LogP contribution >= 0.6 is 15.9 Å². The van der Waals surface area contributed by atoms with E-state index in [2.05, 4.69) is 21.2 Å². The Labute approximate surface area is 149 Å². The number of aliphatic carboxylic acids is 1. The molecule has 1 atom stereocenters. The number of carbonyl (C=O) groups excluding carboxylic acids is 2. The number of rotatable bonds is 5. The van der Waals surface area contributed by atoms with Crippen LogP contribution in [-0.2, 0) is 9.59 Å². The van der Waals surface area contributed by atoms with Crippen LogP contribution < -0.4 is 5.32 Å². The SMILES string of the molecule is CC(C)C1(C(=O)O)CCN(C(=O)CNC(=O)c2cccc(Br)c2)C1. The van der Waals surface area contributed by atoms with Crippen LogP contribution in [0.5, 0.6) is 0 Å². The number of amides is 2. The molecule has 0 aliphatic carbocycles. The highest BCUT2D eigenvalue weighted by molar-refractivity contribution is 9.10. The number of benzene rings is 1. The maximum absolute atomic E-state index is 12.3. The Bertz CT molecular complexity index is 662. The van der Waals surface area contributed by atoms with Crippen LogP contribution in [0.25, 0.3) is 0 Å². The molecule has 2 rings (SSSR count). The number of likely N-dealkylation sites (tertiary alicyclic amines) is 1. The number of carbonyl (C=O) groups is 3. The van der Waals surface area contributed by atoms with Gasteiger partial charge >= 0.3 is 5.97 Å². The molecule has 6 nitrogen and oxygen atoms in total. The maximum atomic E-state index is 12.3. The van der Waals surface area contributed by atoms with Gasteiger partial charge in [0.15, 0.2) is 0 Å². The summed E-state index contributed by atoms with van der Waals surface area (Å²) in [4.78, 5) is 37.5. The summed E-state index contributed by atoms with van der Waals surface area (Å²) < 4.78 is 0.782. The normalized spacial score (nSPS) is 20.2. The summed E-state index contributed by atoms with van der Waals surface area (Å²) in [6.07, 6.45) is 0.436. The first kappa shape index (κ1) is 18.4. The molecular weight excluding hydrogens is 376 g/mol. The third-order valence-corrected chi connectivity index (χ3v) is 5.16. The van der Waals surface area contributed by atoms with Crippen molar-refractivity contribution in [3.05, 3.63) is 34.3 Å². The Balaban J connectivity index is 1.94. The Kier molecular flexibility index (Phi) is 5.64. The molecule has 24 heavy (non-hydrogen) atoms. The van der Waals surface area contributed by atoms with Gasteiger partial charge in [-0.1, -0.05) is 35.8 Å². The van der Waals surface area contributed by atoms with Crippen molar-refractivity contribution in [2.24, 2.45) is 11.3 Å². The number of hydrogen-bond donors (Lipinski definition) is 2. The fourth-order valence-electron chi connectivity index (χ4n) is 2.94. The summed E-state index contributed by atoms with van der Waals surface area (Å²) in [5.74, 6) is -1.53. The predicted molar refractivity (Wildman–Crippen MR) is 92.6 cm³/mol. The Hall–Kier alpha value is -1.89. The van der Waals surface area contributed by atoms with Gasteiger partial charge in [0.1, 0.15) is 0 Å². The number of carboxylic acid groups (broad SMARTS) is 1. The molecule has 0 bridgehead atoms. The molecule has 1 unspecified atom stereocenters. The number of nitrogens with one attached hydrogen (secondary N) is 1. The van der Waals surface area contributed by atoms with E-state index < -0.39 is 11.4 Å². The maximum Gasteiger partial charge on any atom is 0.311 e. The van der Waals surface area contributed by atoms with E-state index >= 15 is 0 Å². The number of hydrogen-bond acceptors (Lipinski definition) is 3. The van der Waals surface area contributed by atoms with Gasteiger partial charge in [-0.05, 0) is 30.5 Å². The van der Waals surface area contributed by atoms with Gasteiger partial charge in [0, 0.05) is 23.1 Å². The fourth-order valence-corrected chi connectivity index (χ4v) is 3.34. The zero-order valence-corrected chi connectivity index (χ0v) is 15.3. The Morgan fingerprint density at radius 3 is 2.62 bits per heavy atom. The molecule has 0 spiro atoms. The molecule has 7 heteroatoms. The van der Waals surface area contributed by atoms with Gasteiger partial charge in [-0.25, -0.2) is 0 Å². The van der Waals surface area contributed by atoms with E-state index in [-0.39, 0.29) is 30.8 Å². The lowest BCUT2D eigenvalue weighted by Gasteiger charge is -2.28. The van der Waals surface area contributed by atoms with Gasteiger partial charge in [-0.3, -0.25) is 14.4 Å². The second kappa shape index (κ2) is 7.34. The van der Waals surface area contributed by atoms with Crippen molar-refractivity contribution in [3.8, 4) is 0 Å². The molecule has 2 N–H and O–H groups in total. The molecule has 0 saturated carbocycles. The topological polar surface area (TPSA) is 86.7 Å². The van der Waals surface area contributed by atoms with Crippen molar-refractivity contribution in [2.75, 3.05) is 19.6 Å². The van der Waals surface area contributed by atoms with Gasteiger partial charge < -0.3 is 15.3 Å². The van der Waals surface area contributed by atoms with Gasteiger partial charge in [-0.15, -0.1) is 0 Å². The summed E-state index contributed by atoms with van der Waals surface area (Å²) in [6, 6.07) is 6.88. The average Bonchev–Trinajstić information content (AvgIpc) is 2.99. The monoisotopic (exact) mass is 396 g/mol. The minimum Gasteiger partial charge on any atom is -0.481 e. The van der Waals surface area contributed by atoms with Gasteiger partial charge in [0.05, 0.1) is 12.0 Å². The van der Waals surface area contributed by atoms with E-state index in [0.29, 0.717) is 18.5 Å². The van der Waals surface area contributed by atoms with Crippen molar-refractivity contribution >= 4 is 33.7 Å². The first-order valence-corrected chi connectivity index (χ1v) is 8.60. The number of carboxylic acids is 1. The van der Waals surface area contributed by atoms with Crippen LogP contribution in [0.3, 0.4) is 0 Å². The second-order valence-electron chi connectivity index (χ2n) is 6.37. The van der Waals surface area contributed by atoms with E-state index in [1.165, 1.54) is 4.90 Å². The molecule has 0 radical (unpaired) electrons. The van der Waals surface area contributed by atoms with E-state index in [0.717, 1.165) is 4.47 Å². The third-order valence-electron chi connectivity index (χ3n) is 4.67. The summed E-state index contributed by atoms with van der Waals surface area (Å²) >= 11 is 3.29. The van der Waals surface area contributed by atoms with E-state index in [1.807, 2.05) is 19.9 Å². The van der Waals surface area contributed by atoms with Crippen LogP contribution in [0.2, 0.25) is 0 Å². The van der Waals surface area contributed by atoms with E-state index in [9.17, 15) is 19.5 Å². The van der Waals surface area contributed by atoms with E-state index in [1.54, 1.807) is 18.2 Å². The number of halogens is 1. The van der Waals surface area contributed by atoms with Crippen molar-refractivity contribution in [3.63, 3.8) is 0 Å². The predicted octanol–water partition coefficient (Wildman–Crippen LogP) is 2.14. The third kappa shape index (κ3) is 3.77. The molecule has 1 aromatic rings. The van der Waals surface area contributed by atoms with Crippen LogP contribution in [0.4, 0.5) is 0 Å². The molecule has 0 aromatic heterocycles. The molecule has 1 fully saturated rings. The van der Waals surface area contributed by atoms with Crippen molar-refractivity contribution in [1.29, 1.82) is 0 Å². The molecule has 2 amide bonds. The molecule has 1 aliphatic heterocycles. The highest BCUT2D eigenvalue weighted by Gasteiger charge is 2.48. The minimum absolute atomic E-state index is 0.0657. The summed E-state index contributed by atoms with van der Waals surface area (Å²) in [5.41, 5.74) is -0.440. The number of nitrogens with zero attached hydrogens (tertiary/aromatic N) is 1. The van der Waals surface area contributed by atoms with Crippen molar-refractivity contribution in [2.45, 2.75) is 20.3 Å². The molecule has 1 aliphatic rings. The van der Waals surface area contributed by atoms with Crippen LogP contribution in [0.1, 0.15) is 30.6 Å². The largest absolute Gasteiger partial charge is 0.481 e. The fraction of sp³-hybridized carbons (Fsp3) is 0.471. The lowest BCUT2D eigenvalue weighted by molar-refractivity contribution is -0.151. The molecular formula is C17H21BrN2O4. The average molecular weight is 397 g/mol. The molecule has 1 saturated heterocycles. The summed E-state index contributed by atoms with van der Waals surface area (Å²) in [6.45, 7) is 4.16. The van der Waals surface area contributed by atoms with Gasteiger partial charge in [0.25, 0.3) is 5.91 Å². The van der Waals surface area contributed by atoms with Crippen LogP contribution in [0, 0.1) is 11.3 Å². The molecule has 130 valence electrons. The standard InChI is InChI=1S/C17H21BrN2O4/c1-11(2)17(16(23)24)6-7-20(10-17)14(21)9-19-15(22)12-4-3-5-13(18)8-12/h3-5,8,11H,6-7,9-10H2,1-2H3,(H,19,22)(H,23,24). The van der Waals surface area contributed by atoms with Gasteiger partial charge in [-0.2, -0.15) is 0 Å². The summed E-state index contributed by atoms with van der Waals surface area (Å²) in [5, 5.41) is 12.1. The minimum atomic E-state index is -0.899. The van der Waals surface area contributed by atoms with Crippen LogP contribution in [-0.4, -0.2) is 47.4 Å². The quantitative estimate of drug-likeness (QED) is 0.797. The second-order valence-corrected chi connectivity index (χ2v) is 7.29. The lowest BCUT2D eigenvalue weighted by atomic mass is 9.76. The highest BCUT2D eigenvalue weighted by atomic mass is 79.9. The lowest BCUT2D eigenvalue weighted by Crippen LogP contribution is -2.43. The first-order valence-electron chi connectivity index (χ1n) is 7.81. The molecule has 1 aromatic carbocycles. The smallest absolute Gasteiger partial charge is 0.311 e. The summed E-state index contributed by atoms with van der Waals surface area (Å²) in [7, 11) is 0. The van der Waals surface area contributed by atoms with E-state index in [4.69, 9.17) is 0 Å². The Morgan fingerprint density at radius 2 is 2.08 bits per heavy atom. The zero-order chi connectivity index (χ0) is 17.9. The highest BCUT2D eigenvalue weighted by Crippen LogP contribution is 2.38. The van der Waals surface area contributed by atoms with Gasteiger partial charge in [0.2, 0.25) is 5.91 Å². The molecule has 1 heterocycles. The Morgan fingerprint density at radius 1 is 1.38 bits per heavy atom. The van der Waals surface area contributed by atoms with Crippen molar-refractivity contribution < 1.29 is 19.5 Å². The van der Waals surface area contributed by atoms with Crippen LogP contribution in [0.15, 0.2) is 28.7 Å². The zero-order valence-electron chi connectivity index (χ0n) is 13.7. The van der Waals surface area contributed by atoms with Crippen molar-refractivity contribution in [1.82, 2.24) is 10.2 Å².